The molecular formula is C15H18ClN3. The van der Waals surface area contributed by atoms with Gasteiger partial charge in [0.05, 0.1) is 5.02 Å². The Morgan fingerprint density at radius 2 is 2.16 bits per heavy atom. The Bertz CT molecular complexity index is 502. The molecule has 0 fully saturated rings. The molecule has 2 heterocycles. The zero-order valence-corrected chi connectivity index (χ0v) is 11.8. The van der Waals surface area contributed by atoms with Crippen molar-refractivity contribution in [2.45, 2.75) is 25.8 Å². The van der Waals surface area contributed by atoms with E-state index in [0.29, 0.717) is 5.02 Å². The second-order valence-electron chi connectivity index (χ2n) is 4.43. The van der Waals surface area contributed by atoms with Gasteiger partial charge in [0, 0.05) is 36.7 Å². The fourth-order valence-corrected chi connectivity index (χ4v) is 2.26. The minimum absolute atomic E-state index is 0.172. The summed E-state index contributed by atoms with van der Waals surface area (Å²) in [4.78, 5) is 8.42. The molecule has 2 aromatic rings. The van der Waals surface area contributed by atoms with E-state index < -0.39 is 0 Å². The highest BCUT2D eigenvalue weighted by Gasteiger charge is 2.15. The molecule has 0 bridgehead atoms. The smallest absolute Gasteiger partial charge is 0.0637 e. The minimum atomic E-state index is 0.172. The van der Waals surface area contributed by atoms with Gasteiger partial charge in [-0.1, -0.05) is 24.6 Å². The normalized spacial score (nSPS) is 12.3. The van der Waals surface area contributed by atoms with Gasteiger partial charge in [0.25, 0.3) is 0 Å². The molecule has 0 aliphatic heterocycles. The van der Waals surface area contributed by atoms with Gasteiger partial charge >= 0.3 is 0 Å². The van der Waals surface area contributed by atoms with E-state index in [0.717, 1.165) is 30.6 Å². The van der Waals surface area contributed by atoms with Crippen LogP contribution in [0.25, 0.3) is 0 Å². The average molecular weight is 276 g/mol. The third-order valence-electron chi connectivity index (χ3n) is 2.96. The Kier molecular flexibility index (Phi) is 5.31. The highest BCUT2D eigenvalue weighted by Crippen LogP contribution is 2.24. The van der Waals surface area contributed by atoms with Gasteiger partial charge in [-0.3, -0.25) is 9.97 Å². The first-order valence-electron chi connectivity index (χ1n) is 6.54. The number of nitrogens with zero attached hydrogens (tertiary/aromatic N) is 2. The van der Waals surface area contributed by atoms with Gasteiger partial charge in [0.1, 0.15) is 0 Å². The van der Waals surface area contributed by atoms with Crippen molar-refractivity contribution >= 4 is 11.6 Å². The molecule has 2 rings (SSSR count). The van der Waals surface area contributed by atoms with Crippen LogP contribution in [0, 0.1) is 0 Å². The molecule has 0 saturated carbocycles. The molecule has 1 N–H and O–H groups in total. The largest absolute Gasteiger partial charge is 0.310 e. The van der Waals surface area contributed by atoms with Gasteiger partial charge in [0.15, 0.2) is 0 Å². The fourth-order valence-electron chi connectivity index (χ4n) is 2.01. The zero-order chi connectivity index (χ0) is 13.5. The molecule has 2 aromatic heterocycles. The van der Waals surface area contributed by atoms with E-state index in [9.17, 15) is 0 Å². The van der Waals surface area contributed by atoms with Crippen molar-refractivity contribution in [1.29, 1.82) is 0 Å². The molecule has 0 aromatic carbocycles. The second kappa shape index (κ2) is 7.22. The number of halogens is 1. The van der Waals surface area contributed by atoms with Crippen LogP contribution < -0.4 is 5.32 Å². The first-order valence-corrected chi connectivity index (χ1v) is 6.91. The van der Waals surface area contributed by atoms with E-state index in [1.54, 1.807) is 12.4 Å². The predicted octanol–water partition coefficient (Wildman–Crippen LogP) is 3.41. The molecule has 1 atom stereocenters. The summed E-state index contributed by atoms with van der Waals surface area (Å²) in [6.45, 7) is 3.11. The summed E-state index contributed by atoms with van der Waals surface area (Å²) in [6, 6.07) is 8.12. The summed E-state index contributed by atoms with van der Waals surface area (Å²) in [7, 11) is 0. The lowest BCUT2D eigenvalue weighted by molar-refractivity contribution is 0.524. The van der Waals surface area contributed by atoms with E-state index in [1.807, 2.05) is 30.5 Å². The van der Waals surface area contributed by atoms with Gasteiger partial charge < -0.3 is 5.32 Å². The van der Waals surface area contributed by atoms with Crippen molar-refractivity contribution in [1.82, 2.24) is 15.3 Å². The van der Waals surface area contributed by atoms with Crippen LogP contribution in [0.5, 0.6) is 0 Å². The maximum absolute atomic E-state index is 6.24. The fraction of sp³-hybridized carbons (Fsp3) is 0.333. The van der Waals surface area contributed by atoms with Crippen molar-refractivity contribution < 1.29 is 0 Å². The van der Waals surface area contributed by atoms with E-state index in [-0.39, 0.29) is 6.04 Å². The van der Waals surface area contributed by atoms with Crippen molar-refractivity contribution in [3.05, 3.63) is 59.1 Å². The van der Waals surface area contributed by atoms with Gasteiger partial charge in [-0.25, -0.2) is 0 Å². The Morgan fingerprint density at radius 1 is 1.26 bits per heavy atom. The highest BCUT2D eigenvalue weighted by atomic mass is 35.5. The standard InChI is InChI=1S/C15H18ClN3/c1-2-7-19-15(10-12-5-3-4-8-18-12)13-6-9-17-11-14(13)16/h3-6,8-9,11,15,19H,2,7,10H2,1H3. The molecule has 0 saturated heterocycles. The molecule has 0 amide bonds. The molecule has 19 heavy (non-hydrogen) atoms. The van der Waals surface area contributed by atoms with Gasteiger partial charge in [-0.15, -0.1) is 0 Å². The van der Waals surface area contributed by atoms with Gasteiger partial charge in [-0.05, 0) is 36.7 Å². The van der Waals surface area contributed by atoms with Crippen molar-refractivity contribution in [3.63, 3.8) is 0 Å². The molecule has 0 radical (unpaired) electrons. The first-order chi connectivity index (χ1) is 9.31. The maximum atomic E-state index is 6.24. The summed E-state index contributed by atoms with van der Waals surface area (Å²) in [5, 5.41) is 4.22. The molecule has 0 aliphatic carbocycles. The van der Waals surface area contributed by atoms with Crippen LogP contribution in [0.3, 0.4) is 0 Å². The van der Waals surface area contributed by atoms with Crippen LogP contribution in [0.2, 0.25) is 5.02 Å². The van der Waals surface area contributed by atoms with Crippen LogP contribution in [-0.4, -0.2) is 16.5 Å². The van der Waals surface area contributed by atoms with Crippen LogP contribution in [-0.2, 0) is 6.42 Å². The maximum Gasteiger partial charge on any atom is 0.0637 e. The van der Waals surface area contributed by atoms with E-state index in [4.69, 9.17) is 11.6 Å². The molecule has 1 unspecified atom stereocenters. The summed E-state index contributed by atoms with van der Waals surface area (Å²) in [5.41, 5.74) is 2.14. The number of rotatable bonds is 6. The van der Waals surface area contributed by atoms with Crippen LogP contribution >= 0.6 is 11.6 Å². The Balaban J connectivity index is 2.19. The SMILES string of the molecule is CCCNC(Cc1ccccn1)c1ccncc1Cl. The van der Waals surface area contributed by atoms with E-state index in [1.165, 1.54) is 0 Å². The molecule has 4 heteroatoms. The van der Waals surface area contributed by atoms with Gasteiger partial charge in [0.2, 0.25) is 0 Å². The molecular weight excluding hydrogens is 258 g/mol. The lowest BCUT2D eigenvalue weighted by Crippen LogP contribution is -2.24. The molecule has 100 valence electrons. The topological polar surface area (TPSA) is 37.8 Å². The van der Waals surface area contributed by atoms with Crippen LogP contribution in [0.1, 0.15) is 30.6 Å². The molecule has 0 aliphatic rings. The van der Waals surface area contributed by atoms with Crippen molar-refractivity contribution in [3.8, 4) is 0 Å². The summed E-state index contributed by atoms with van der Waals surface area (Å²) >= 11 is 6.24. The van der Waals surface area contributed by atoms with Crippen molar-refractivity contribution in [2.75, 3.05) is 6.54 Å². The highest BCUT2D eigenvalue weighted by molar-refractivity contribution is 6.31. The molecule has 3 nitrogen and oxygen atoms in total. The Labute approximate surface area is 119 Å². The minimum Gasteiger partial charge on any atom is -0.310 e. The quantitative estimate of drug-likeness (QED) is 0.878. The first kappa shape index (κ1) is 14.0. The number of hydrogen-bond donors (Lipinski definition) is 1. The summed E-state index contributed by atoms with van der Waals surface area (Å²) < 4.78 is 0. The Morgan fingerprint density at radius 3 is 2.84 bits per heavy atom. The van der Waals surface area contributed by atoms with Crippen LogP contribution in [0.4, 0.5) is 0 Å². The zero-order valence-electron chi connectivity index (χ0n) is 11.0. The third-order valence-corrected chi connectivity index (χ3v) is 3.28. The van der Waals surface area contributed by atoms with Gasteiger partial charge in [-0.2, -0.15) is 0 Å². The van der Waals surface area contributed by atoms with E-state index >= 15 is 0 Å². The monoisotopic (exact) mass is 275 g/mol. The summed E-state index contributed by atoms with van der Waals surface area (Å²) in [6.07, 6.45) is 7.20. The molecule has 0 spiro atoms. The second-order valence-corrected chi connectivity index (χ2v) is 4.84. The van der Waals surface area contributed by atoms with E-state index in [2.05, 4.69) is 22.2 Å². The van der Waals surface area contributed by atoms with Crippen LogP contribution in [0.15, 0.2) is 42.9 Å². The lowest BCUT2D eigenvalue weighted by atomic mass is 10.0. The third kappa shape index (κ3) is 4.01. The number of aromatic nitrogens is 2. The lowest BCUT2D eigenvalue weighted by Gasteiger charge is -2.19. The predicted molar refractivity (Wildman–Crippen MR) is 78.2 cm³/mol. The number of nitrogens with one attached hydrogen (secondary N) is 1. The Hall–Kier alpha value is -1.45. The van der Waals surface area contributed by atoms with Crippen molar-refractivity contribution in [2.24, 2.45) is 0 Å². The number of pyridine rings is 2. The average Bonchev–Trinajstić information content (AvgIpc) is 2.45. The number of hydrogen-bond acceptors (Lipinski definition) is 3. The summed E-state index contributed by atoms with van der Waals surface area (Å²) in [5.74, 6) is 0.